The van der Waals surface area contributed by atoms with Gasteiger partial charge in [-0.05, 0) is 37.6 Å². The molecule has 0 saturated carbocycles. The van der Waals surface area contributed by atoms with Crippen LogP contribution in [-0.4, -0.2) is 18.2 Å². The minimum atomic E-state index is -0.150. The standard InChI is InChI=1S/C20H21N3O2/c1-3-13-25-19-12-8-7-11-18(19)21-14-17-15(2)22-23(20(17)24)16-9-5-4-6-10-16/h4-12,14,21H,3,13H2,1-2H3. The molecule has 0 radical (unpaired) electrons. The maximum atomic E-state index is 12.7. The normalized spacial score (nSPS) is 15.4. The van der Waals surface area contributed by atoms with E-state index in [2.05, 4.69) is 17.3 Å². The van der Waals surface area contributed by atoms with Gasteiger partial charge >= 0.3 is 0 Å². The topological polar surface area (TPSA) is 53.9 Å². The monoisotopic (exact) mass is 335 g/mol. The van der Waals surface area contributed by atoms with Gasteiger partial charge in [-0.3, -0.25) is 4.79 Å². The van der Waals surface area contributed by atoms with Crippen molar-refractivity contribution in [2.75, 3.05) is 16.9 Å². The highest BCUT2D eigenvalue weighted by Crippen LogP contribution is 2.26. The van der Waals surface area contributed by atoms with Crippen LogP contribution in [0.4, 0.5) is 11.4 Å². The molecule has 25 heavy (non-hydrogen) atoms. The van der Waals surface area contributed by atoms with Crippen molar-refractivity contribution in [1.29, 1.82) is 0 Å². The van der Waals surface area contributed by atoms with Crippen LogP contribution in [0.15, 0.2) is 71.5 Å². The molecular weight excluding hydrogens is 314 g/mol. The summed E-state index contributed by atoms with van der Waals surface area (Å²) in [4.78, 5) is 12.7. The van der Waals surface area contributed by atoms with Gasteiger partial charge in [0.05, 0.1) is 29.3 Å². The molecule has 1 aliphatic rings. The Morgan fingerprint density at radius 3 is 2.60 bits per heavy atom. The zero-order valence-electron chi connectivity index (χ0n) is 14.4. The van der Waals surface area contributed by atoms with Crippen LogP contribution in [0, 0.1) is 0 Å². The van der Waals surface area contributed by atoms with E-state index in [1.54, 1.807) is 6.20 Å². The number of rotatable bonds is 6. The number of amides is 1. The van der Waals surface area contributed by atoms with Crippen molar-refractivity contribution in [3.05, 3.63) is 66.4 Å². The second-order valence-corrected chi connectivity index (χ2v) is 5.68. The average Bonchev–Trinajstić information content (AvgIpc) is 2.93. The van der Waals surface area contributed by atoms with Gasteiger partial charge in [-0.1, -0.05) is 37.3 Å². The first-order chi connectivity index (χ1) is 12.2. The predicted molar refractivity (Wildman–Crippen MR) is 101 cm³/mol. The first-order valence-corrected chi connectivity index (χ1v) is 8.34. The van der Waals surface area contributed by atoms with Gasteiger partial charge in [-0.2, -0.15) is 10.1 Å². The molecule has 1 N–H and O–H groups in total. The Hall–Kier alpha value is -3.08. The third-order valence-electron chi connectivity index (χ3n) is 3.78. The molecule has 0 fully saturated rings. The largest absolute Gasteiger partial charge is 0.491 e. The maximum absolute atomic E-state index is 12.7. The van der Waals surface area contributed by atoms with Gasteiger partial charge in [0.2, 0.25) is 0 Å². The number of benzene rings is 2. The first-order valence-electron chi connectivity index (χ1n) is 8.34. The van der Waals surface area contributed by atoms with Crippen molar-refractivity contribution < 1.29 is 9.53 Å². The fourth-order valence-corrected chi connectivity index (χ4v) is 2.50. The maximum Gasteiger partial charge on any atom is 0.282 e. The van der Waals surface area contributed by atoms with E-state index in [1.807, 2.05) is 61.5 Å². The molecular formula is C20H21N3O2. The quantitative estimate of drug-likeness (QED) is 0.805. The fraction of sp³-hybridized carbons (Fsp3) is 0.200. The van der Waals surface area contributed by atoms with Crippen LogP contribution in [-0.2, 0) is 4.79 Å². The van der Waals surface area contributed by atoms with Crippen molar-refractivity contribution in [3.63, 3.8) is 0 Å². The number of hydrazone groups is 1. The Morgan fingerprint density at radius 2 is 1.84 bits per heavy atom. The van der Waals surface area contributed by atoms with Crippen molar-refractivity contribution in [2.24, 2.45) is 5.10 Å². The van der Waals surface area contributed by atoms with Gasteiger partial charge in [0.1, 0.15) is 5.75 Å². The first kappa shape index (κ1) is 16.8. The van der Waals surface area contributed by atoms with Gasteiger partial charge in [0, 0.05) is 6.20 Å². The van der Waals surface area contributed by atoms with E-state index >= 15 is 0 Å². The highest BCUT2D eigenvalue weighted by molar-refractivity contribution is 6.29. The highest BCUT2D eigenvalue weighted by atomic mass is 16.5. The summed E-state index contributed by atoms with van der Waals surface area (Å²) < 4.78 is 5.73. The van der Waals surface area contributed by atoms with Gasteiger partial charge < -0.3 is 10.1 Å². The van der Waals surface area contributed by atoms with Crippen molar-refractivity contribution >= 4 is 23.0 Å². The summed E-state index contributed by atoms with van der Waals surface area (Å²) in [5.41, 5.74) is 2.78. The third-order valence-corrected chi connectivity index (χ3v) is 3.78. The number of carbonyl (C=O) groups excluding carboxylic acids is 1. The Morgan fingerprint density at radius 1 is 1.12 bits per heavy atom. The molecule has 0 saturated heterocycles. The Labute approximate surface area is 147 Å². The summed E-state index contributed by atoms with van der Waals surface area (Å²) in [6.07, 6.45) is 2.63. The lowest BCUT2D eigenvalue weighted by Gasteiger charge is -2.12. The van der Waals surface area contributed by atoms with E-state index in [4.69, 9.17) is 4.74 Å². The van der Waals surface area contributed by atoms with E-state index in [-0.39, 0.29) is 5.91 Å². The number of hydrogen-bond acceptors (Lipinski definition) is 4. The lowest BCUT2D eigenvalue weighted by molar-refractivity contribution is -0.114. The minimum absolute atomic E-state index is 0.150. The number of anilines is 2. The lowest BCUT2D eigenvalue weighted by Crippen LogP contribution is -2.21. The van der Waals surface area contributed by atoms with Crippen molar-refractivity contribution in [3.8, 4) is 5.75 Å². The summed E-state index contributed by atoms with van der Waals surface area (Å²) in [6.45, 7) is 4.54. The summed E-state index contributed by atoms with van der Waals surface area (Å²) in [5.74, 6) is 0.615. The second-order valence-electron chi connectivity index (χ2n) is 5.68. The summed E-state index contributed by atoms with van der Waals surface area (Å²) >= 11 is 0. The van der Waals surface area contributed by atoms with Crippen LogP contribution in [0.1, 0.15) is 20.3 Å². The molecule has 1 amide bonds. The van der Waals surface area contributed by atoms with Gasteiger partial charge in [0.25, 0.3) is 5.91 Å². The number of ether oxygens (including phenoxy) is 1. The van der Waals surface area contributed by atoms with E-state index in [0.29, 0.717) is 17.9 Å². The molecule has 5 nitrogen and oxygen atoms in total. The van der Waals surface area contributed by atoms with E-state index in [1.165, 1.54) is 5.01 Å². The van der Waals surface area contributed by atoms with Gasteiger partial charge in [-0.25, -0.2) is 0 Å². The number of nitrogens with zero attached hydrogens (tertiary/aromatic N) is 2. The zero-order chi connectivity index (χ0) is 17.6. The van der Waals surface area contributed by atoms with Crippen LogP contribution in [0.25, 0.3) is 0 Å². The SMILES string of the molecule is CCCOc1ccccc1NC=C1C(=O)N(c2ccccc2)N=C1C. The Balaban J connectivity index is 1.79. The predicted octanol–water partition coefficient (Wildman–Crippen LogP) is 4.19. The van der Waals surface area contributed by atoms with E-state index < -0.39 is 0 Å². The molecule has 0 aromatic heterocycles. The minimum Gasteiger partial charge on any atom is -0.491 e. The molecule has 0 spiro atoms. The molecule has 0 aliphatic carbocycles. The van der Waals surface area contributed by atoms with Crippen molar-refractivity contribution in [1.82, 2.24) is 0 Å². The molecule has 5 heteroatoms. The van der Waals surface area contributed by atoms with Crippen LogP contribution in [0.3, 0.4) is 0 Å². The average molecular weight is 335 g/mol. The molecule has 3 rings (SSSR count). The summed E-state index contributed by atoms with van der Waals surface area (Å²) in [6, 6.07) is 17.1. The summed E-state index contributed by atoms with van der Waals surface area (Å²) in [7, 11) is 0. The molecule has 128 valence electrons. The lowest BCUT2D eigenvalue weighted by atomic mass is 10.2. The van der Waals surface area contributed by atoms with Crippen LogP contribution in [0.2, 0.25) is 0 Å². The number of carbonyl (C=O) groups is 1. The number of nitrogens with one attached hydrogen (secondary N) is 1. The van der Waals surface area contributed by atoms with Crippen LogP contribution >= 0.6 is 0 Å². The van der Waals surface area contributed by atoms with Crippen LogP contribution in [0.5, 0.6) is 5.75 Å². The van der Waals surface area contributed by atoms with E-state index in [9.17, 15) is 4.79 Å². The number of hydrogen-bond donors (Lipinski definition) is 1. The van der Waals surface area contributed by atoms with Gasteiger partial charge in [0.15, 0.2) is 0 Å². The Bertz CT molecular complexity index is 813. The van der Waals surface area contributed by atoms with Crippen LogP contribution < -0.4 is 15.1 Å². The smallest absolute Gasteiger partial charge is 0.282 e. The summed E-state index contributed by atoms with van der Waals surface area (Å²) in [5, 5.41) is 8.97. The highest BCUT2D eigenvalue weighted by Gasteiger charge is 2.28. The third kappa shape index (κ3) is 3.71. The Kier molecular flexibility index (Phi) is 5.14. The second kappa shape index (κ2) is 7.66. The molecule has 0 unspecified atom stereocenters. The zero-order valence-corrected chi connectivity index (χ0v) is 14.4. The molecule has 0 bridgehead atoms. The van der Waals surface area contributed by atoms with E-state index in [0.717, 1.165) is 23.5 Å². The molecule has 1 heterocycles. The van der Waals surface area contributed by atoms with Crippen molar-refractivity contribution in [2.45, 2.75) is 20.3 Å². The number of para-hydroxylation sites is 3. The molecule has 2 aromatic carbocycles. The fourth-order valence-electron chi connectivity index (χ4n) is 2.50. The molecule has 0 atom stereocenters. The molecule has 1 aliphatic heterocycles. The molecule has 2 aromatic rings. The van der Waals surface area contributed by atoms with Gasteiger partial charge in [-0.15, -0.1) is 0 Å².